The highest BCUT2D eigenvalue weighted by Gasteiger charge is 2.27. The second-order valence-corrected chi connectivity index (χ2v) is 4.60. The summed E-state index contributed by atoms with van der Waals surface area (Å²) in [5.41, 5.74) is 1.90. The number of hydrogen-bond acceptors (Lipinski definition) is 2. The molecule has 0 aliphatic carbocycles. The van der Waals surface area contributed by atoms with Gasteiger partial charge in [-0.1, -0.05) is 25.4 Å². The highest BCUT2D eigenvalue weighted by atomic mass is 35.5. The third kappa shape index (κ3) is 1.97. The van der Waals surface area contributed by atoms with Gasteiger partial charge in [0.15, 0.2) is 0 Å². The van der Waals surface area contributed by atoms with Gasteiger partial charge in [-0.2, -0.15) is 0 Å². The monoisotopic (exact) mass is 224 g/mol. The van der Waals surface area contributed by atoms with E-state index in [4.69, 9.17) is 11.6 Å². The SMILES string of the molecule is CC(C)[C@H]1NC(=O)Cc2cc(Cl)cnc21. The molecule has 15 heavy (non-hydrogen) atoms. The van der Waals surface area contributed by atoms with E-state index in [0.29, 0.717) is 17.4 Å². The molecule has 0 fully saturated rings. The van der Waals surface area contributed by atoms with Gasteiger partial charge < -0.3 is 5.32 Å². The van der Waals surface area contributed by atoms with Crippen LogP contribution in [0.1, 0.15) is 31.1 Å². The summed E-state index contributed by atoms with van der Waals surface area (Å²) in [4.78, 5) is 15.8. The second kappa shape index (κ2) is 3.81. The summed E-state index contributed by atoms with van der Waals surface area (Å²) in [5.74, 6) is 0.381. The highest BCUT2D eigenvalue weighted by Crippen LogP contribution is 2.28. The second-order valence-electron chi connectivity index (χ2n) is 4.16. The fraction of sp³-hybridized carbons (Fsp3) is 0.455. The third-order valence-corrected chi connectivity index (χ3v) is 2.80. The zero-order chi connectivity index (χ0) is 11.0. The van der Waals surface area contributed by atoms with E-state index in [2.05, 4.69) is 24.1 Å². The van der Waals surface area contributed by atoms with Gasteiger partial charge in [0, 0.05) is 6.20 Å². The van der Waals surface area contributed by atoms with E-state index >= 15 is 0 Å². The number of halogens is 1. The first kappa shape index (κ1) is 10.4. The number of carbonyl (C=O) groups is 1. The van der Waals surface area contributed by atoms with Crippen LogP contribution in [-0.2, 0) is 11.2 Å². The van der Waals surface area contributed by atoms with Gasteiger partial charge in [-0.05, 0) is 17.5 Å². The maximum absolute atomic E-state index is 11.5. The Morgan fingerprint density at radius 2 is 2.33 bits per heavy atom. The van der Waals surface area contributed by atoms with Crippen LogP contribution in [0.5, 0.6) is 0 Å². The Morgan fingerprint density at radius 1 is 1.60 bits per heavy atom. The van der Waals surface area contributed by atoms with Gasteiger partial charge in [0.2, 0.25) is 5.91 Å². The first-order valence-corrected chi connectivity index (χ1v) is 5.39. The standard InChI is InChI=1S/C11H13ClN2O/c1-6(2)10-11-7(4-9(15)14-10)3-8(12)5-13-11/h3,5-6,10H,4H2,1-2H3,(H,14,15)/t10-/m1/s1. The number of nitrogens with one attached hydrogen (secondary N) is 1. The molecule has 1 aromatic rings. The molecule has 0 bridgehead atoms. The Morgan fingerprint density at radius 3 is 3.00 bits per heavy atom. The molecule has 1 aliphatic rings. The van der Waals surface area contributed by atoms with Gasteiger partial charge in [-0.25, -0.2) is 0 Å². The molecule has 0 saturated heterocycles. The molecular formula is C11H13ClN2O. The molecule has 1 aliphatic heterocycles. The molecule has 2 heterocycles. The van der Waals surface area contributed by atoms with Crippen molar-refractivity contribution in [3.05, 3.63) is 28.5 Å². The number of aromatic nitrogens is 1. The molecule has 0 unspecified atom stereocenters. The Labute approximate surface area is 93.8 Å². The number of amides is 1. The molecule has 0 saturated carbocycles. The van der Waals surface area contributed by atoms with Gasteiger partial charge in [-0.3, -0.25) is 9.78 Å². The Balaban J connectivity index is 2.46. The van der Waals surface area contributed by atoms with Crippen LogP contribution in [0.4, 0.5) is 0 Å². The minimum absolute atomic E-state index is 0.0125. The maximum atomic E-state index is 11.5. The third-order valence-electron chi connectivity index (χ3n) is 2.60. The smallest absolute Gasteiger partial charge is 0.225 e. The number of carbonyl (C=O) groups excluding carboxylic acids is 1. The van der Waals surface area contributed by atoms with Gasteiger partial charge in [0.25, 0.3) is 0 Å². The molecule has 1 amide bonds. The van der Waals surface area contributed by atoms with Crippen LogP contribution in [0, 0.1) is 5.92 Å². The highest BCUT2D eigenvalue weighted by molar-refractivity contribution is 6.30. The average Bonchev–Trinajstić information content (AvgIpc) is 2.15. The van der Waals surface area contributed by atoms with Crippen molar-refractivity contribution >= 4 is 17.5 Å². The van der Waals surface area contributed by atoms with E-state index in [9.17, 15) is 4.79 Å². The number of nitrogens with zero attached hydrogens (tertiary/aromatic N) is 1. The fourth-order valence-corrected chi connectivity index (χ4v) is 2.04. The van der Waals surface area contributed by atoms with E-state index in [1.807, 2.05) is 6.07 Å². The zero-order valence-electron chi connectivity index (χ0n) is 8.75. The van der Waals surface area contributed by atoms with E-state index in [1.165, 1.54) is 0 Å². The van der Waals surface area contributed by atoms with Crippen LogP contribution < -0.4 is 5.32 Å². The van der Waals surface area contributed by atoms with E-state index < -0.39 is 0 Å². The minimum atomic E-state index is 0.0125. The van der Waals surface area contributed by atoms with Crippen molar-refractivity contribution in [2.45, 2.75) is 26.3 Å². The fourth-order valence-electron chi connectivity index (χ4n) is 1.86. The summed E-state index contributed by atoms with van der Waals surface area (Å²) < 4.78 is 0. The molecule has 1 N–H and O–H groups in total. The first-order valence-electron chi connectivity index (χ1n) is 5.01. The summed E-state index contributed by atoms with van der Waals surface area (Å²) in [7, 11) is 0. The lowest BCUT2D eigenvalue weighted by Crippen LogP contribution is -2.38. The first-order chi connectivity index (χ1) is 7.08. The van der Waals surface area contributed by atoms with Gasteiger partial charge >= 0.3 is 0 Å². The molecule has 0 spiro atoms. The minimum Gasteiger partial charge on any atom is -0.347 e. The molecule has 1 aromatic heterocycles. The van der Waals surface area contributed by atoms with E-state index in [1.54, 1.807) is 6.20 Å². The van der Waals surface area contributed by atoms with Crippen LogP contribution in [-0.4, -0.2) is 10.9 Å². The number of pyridine rings is 1. The predicted molar refractivity (Wildman–Crippen MR) is 58.7 cm³/mol. The lowest BCUT2D eigenvalue weighted by atomic mass is 9.92. The average molecular weight is 225 g/mol. The Kier molecular flexibility index (Phi) is 2.65. The molecule has 80 valence electrons. The van der Waals surface area contributed by atoms with Gasteiger partial charge in [0.1, 0.15) is 0 Å². The van der Waals surface area contributed by atoms with Crippen molar-refractivity contribution in [2.75, 3.05) is 0 Å². The van der Waals surface area contributed by atoms with Crippen molar-refractivity contribution in [3.63, 3.8) is 0 Å². The van der Waals surface area contributed by atoms with Crippen molar-refractivity contribution in [1.82, 2.24) is 10.3 Å². The van der Waals surface area contributed by atoms with Crippen LogP contribution in [0.3, 0.4) is 0 Å². The largest absolute Gasteiger partial charge is 0.347 e. The normalized spacial score (nSPS) is 20.0. The van der Waals surface area contributed by atoms with Crippen molar-refractivity contribution in [3.8, 4) is 0 Å². The number of fused-ring (bicyclic) bond motifs is 1. The topological polar surface area (TPSA) is 42.0 Å². The quantitative estimate of drug-likeness (QED) is 0.794. The summed E-state index contributed by atoms with van der Waals surface area (Å²) in [5, 5.41) is 3.54. The van der Waals surface area contributed by atoms with Crippen LogP contribution in [0.15, 0.2) is 12.3 Å². The molecule has 3 nitrogen and oxygen atoms in total. The van der Waals surface area contributed by atoms with Crippen LogP contribution in [0.25, 0.3) is 0 Å². The molecule has 0 aromatic carbocycles. The summed E-state index contributed by atoms with van der Waals surface area (Å²) in [6, 6.07) is 1.84. The zero-order valence-corrected chi connectivity index (χ0v) is 9.51. The molecular weight excluding hydrogens is 212 g/mol. The molecule has 4 heteroatoms. The van der Waals surface area contributed by atoms with Crippen LogP contribution in [0.2, 0.25) is 5.02 Å². The Hall–Kier alpha value is -1.09. The van der Waals surface area contributed by atoms with E-state index in [-0.39, 0.29) is 11.9 Å². The van der Waals surface area contributed by atoms with E-state index in [0.717, 1.165) is 11.3 Å². The lowest BCUT2D eigenvalue weighted by Gasteiger charge is -2.28. The van der Waals surface area contributed by atoms with Crippen molar-refractivity contribution in [1.29, 1.82) is 0 Å². The molecule has 0 radical (unpaired) electrons. The summed E-state index contributed by atoms with van der Waals surface area (Å²) in [6.45, 7) is 4.13. The summed E-state index contributed by atoms with van der Waals surface area (Å²) in [6.07, 6.45) is 2.01. The lowest BCUT2D eigenvalue weighted by molar-refractivity contribution is -0.122. The predicted octanol–water partition coefficient (Wildman–Crippen LogP) is 2.10. The van der Waals surface area contributed by atoms with Crippen molar-refractivity contribution < 1.29 is 4.79 Å². The van der Waals surface area contributed by atoms with Crippen LogP contribution >= 0.6 is 11.6 Å². The Bertz CT molecular complexity index is 404. The van der Waals surface area contributed by atoms with Gasteiger partial charge in [0.05, 0.1) is 23.2 Å². The maximum Gasteiger partial charge on any atom is 0.225 e. The molecule has 2 rings (SSSR count). The number of hydrogen-bond donors (Lipinski definition) is 1. The van der Waals surface area contributed by atoms with Gasteiger partial charge in [-0.15, -0.1) is 0 Å². The summed E-state index contributed by atoms with van der Waals surface area (Å²) >= 11 is 5.86. The number of rotatable bonds is 1. The molecule has 1 atom stereocenters. The van der Waals surface area contributed by atoms with Crippen molar-refractivity contribution in [2.24, 2.45) is 5.92 Å².